The number of nitrogens with zero attached hydrogens (tertiary/aromatic N) is 1. The third kappa shape index (κ3) is 5.76. The van der Waals surface area contributed by atoms with Gasteiger partial charge in [0, 0.05) is 19.5 Å². The summed E-state index contributed by atoms with van der Waals surface area (Å²) >= 11 is 1.71. The van der Waals surface area contributed by atoms with Crippen LogP contribution < -0.4 is 0 Å². The Hall–Kier alpha value is -0.710. The van der Waals surface area contributed by atoms with Gasteiger partial charge in [0.25, 0.3) is 0 Å². The van der Waals surface area contributed by atoms with Crippen molar-refractivity contribution in [2.45, 2.75) is 39.0 Å². The zero-order valence-corrected chi connectivity index (χ0v) is 11.9. The number of rotatable bonds is 7. The molecular weight excluding hydrogens is 250 g/mol. The molecular formula is C13H23NO3S. The molecule has 0 unspecified atom stereocenters. The van der Waals surface area contributed by atoms with E-state index >= 15 is 0 Å². The summed E-state index contributed by atoms with van der Waals surface area (Å²) in [5.74, 6) is 1.36. The van der Waals surface area contributed by atoms with Crippen LogP contribution in [0.25, 0.3) is 0 Å². The number of carbonyl (C=O) groups excluding carboxylic acids is 1. The number of thioether (sulfide) groups is 1. The fourth-order valence-corrected chi connectivity index (χ4v) is 3.12. The topological polar surface area (TPSA) is 57.6 Å². The van der Waals surface area contributed by atoms with Gasteiger partial charge in [0.2, 0.25) is 5.91 Å². The van der Waals surface area contributed by atoms with E-state index in [0.717, 1.165) is 31.7 Å². The molecule has 1 aliphatic rings. The number of unbranched alkanes of at least 4 members (excludes halogenated alkanes) is 1. The molecule has 0 aromatic heterocycles. The Morgan fingerprint density at radius 3 is 2.56 bits per heavy atom. The molecule has 18 heavy (non-hydrogen) atoms. The zero-order chi connectivity index (χ0) is 13.4. The second-order valence-corrected chi connectivity index (χ2v) is 5.93. The average Bonchev–Trinajstić information content (AvgIpc) is 2.34. The summed E-state index contributed by atoms with van der Waals surface area (Å²) in [6, 6.07) is 0. The lowest BCUT2D eigenvalue weighted by Gasteiger charge is -2.31. The Labute approximate surface area is 113 Å². The molecule has 1 heterocycles. The predicted molar refractivity (Wildman–Crippen MR) is 73.8 cm³/mol. The number of piperidine rings is 1. The van der Waals surface area contributed by atoms with Crippen molar-refractivity contribution in [3.63, 3.8) is 0 Å². The van der Waals surface area contributed by atoms with E-state index in [4.69, 9.17) is 5.11 Å². The van der Waals surface area contributed by atoms with Crippen molar-refractivity contribution in [3.8, 4) is 0 Å². The lowest BCUT2D eigenvalue weighted by Crippen LogP contribution is -2.39. The average molecular weight is 273 g/mol. The van der Waals surface area contributed by atoms with Crippen molar-refractivity contribution >= 4 is 23.6 Å². The normalized spacial score (nSPS) is 16.8. The Bertz CT molecular complexity index is 275. The van der Waals surface area contributed by atoms with Gasteiger partial charge in [-0.25, -0.2) is 0 Å². The van der Waals surface area contributed by atoms with Crippen LogP contribution >= 0.6 is 11.8 Å². The molecule has 1 fully saturated rings. The van der Waals surface area contributed by atoms with Gasteiger partial charge in [-0.05, 0) is 30.9 Å². The Morgan fingerprint density at radius 2 is 2.00 bits per heavy atom. The van der Waals surface area contributed by atoms with Crippen molar-refractivity contribution in [3.05, 3.63) is 0 Å². The van der Waals surface area contributed by atoms with Crippen LogP contribution in [0.5, 0.6) is 0 Å². The number of aliphatic carboxylic acids is 1. The highest BCUT2D eigenvalue weighted by atomic mass is 32.2. The van der Waals surface area contributed by atoms with Gasteiger partial charge in [-0.15, -0.1) is 0 Å². The maximum Gasteiger partial charge on any atom is 0.303 e. The summed E-state index contributed by atoms with van der Waals surface area (Å²) in [4.78, 5) is 24.4. The number of hydrogen-bond donors (Lipinski definition) is 1. The number of hydrogen-bond acceptors (Lipinski definition) is 3. The summed E-state index contributed by atoms with van der Waals surface area (Å²) < 4.78 is 0. The summed E-state index contributed by atoms with van der Waals surface area (Å²) in [6.45, 7) is 3.60. The minimum Gasteiger partial charge on any atom is -0.481 e. The predicted octanol–water partition coefficient (Wildman–Crippen LogP) is 2.23. The molecule has 1 saturated heterocycles. The number of carboxylic acids is 1. The first kappa shape index (κ1) is 15.3. The van der Waals surface area contributed by atoms with Crippen LogP contribution in [0.4, 0.5) is 0 Å². The molecule has 0 spiro atoms. The van der Waals surface area contributed by atoms with Crippen LogP contribution in [0.2, 0.25) is 0 Å². The van der Waals surface area contributed by atoms with Gasteiger partial charge in [-0.3, -0.25) is 9.59 Å². The Kier molecular flexibility index (Phi) is 7.16. The van der Waals surface area contributed by atoms with E-state index in [9.17, 15) is 9.59 Å². The van der Waals surface area contributed by atoms with Gasteiger partial charge in [0.15, 0.2) is 0 Å². The Balaban J connectivity index is 2.17. The van der Waals surface area contributed by atoms with Gasteiger partial charge >= 0.3 is 5.97 Å². The number of carbonyl (C=O) groups is 2. The quantitative estimate of drug-likeness (QED) is 0.723. The smallest absolute Gasteiger partial charge is 0.303 e. The van der Waals surface area contributed by atoms with E-state index in [-0.39, 0.29) is 18.2 Å². The van der Waals surface area contributed by atoms with E-state index in [0.29, 0.717) is 5.75 Å². The molecule has 1 amide bonds. The van der Waals surface area contributed by atoms with Crippen LogP contribution in [0.3, 0.4) is 0 Å². The Morgan fingerprint density at radius 1 is 1.33 bits per heavy atom. The minimum absolute atomic E-state index is 0.213. The molecule has 0 aromatic carbocycles. The fourth-order valence-electron chi connectivity index (χ4n) is 2.13. The van der Waals surface area contributed by atoms with E-state index < -0.39 is 5.97 Å². The van der Waals surface area contributed by atoms with Gasteiger partial charge in [0.1, 0.15) is 0 Å². The van der Waals surface area contributed by atoms with Gasteiger partial charge < -0.3 is 10.0 Å². The van der Waals surface area contributed by atoms with E-state index in [1.165, 1.54) is 12.8 Å². The number of amides is 1. The summed E-state index contributed by atoms with van der Waals surface area (Å²) in [5.41, 5.74) is 0. The third-order valence-electron chi connectivity index (χ3n) is 3.30. The first-order chi connectivity index (χ1) is 8.63. The van der Waals surface area contributed by atoms with Gasteiger partial charge in [0.05, 0.1) is 5.75 Å². The second kappa shape index (κ2) is 8.40. The van der Waals surface area contributed by atoms with E-state index in [2.05, 4.69) is 6.92 Å². The lowest BCUT2D eigenvalue weighted by molar-refractivity contribution is -0.138. The van der Waals surface area contributed by atoms with Crippen LogP contribution in [0, 0.1) is 5.92 Å². The highest BCUT2D eigenvalue weighted by Crippen LogP contribution is 2.21. The van der Waals surface area contributed by atoms with Crippen molar-refractivity contribution in [2.75, 3.05) is 24.6 Å². The van der Waals surface area contributed by atoms with Crippen LogP contribution in [0.1, 0.15) is 39.0 Å². The largest absolute Gasteiger partial charge is 0.481 e. The van der Waals surface area contributed by atoms with Gasteiger partial charge in [-0.1, -0.05) is 13.3 Å². The molecule has 0 aromatic rings. The van der Waals surface area contributed by atoms with Crippen LogP contribution in [-0.2, 0) is 9.59 Å². The highest BCUT2D eigenvalue weighted by Gasteiger charge is 2.23. The second-order valence-electron chi connectivity index (χ2n) is 4.83. The molecule has 0 bridgehead atoms. The molecule has 1 rings (SSSR count). The highest BCUT2D eigenvalue weighted by molar-refractivity contribution is 7.99. The lowest BCUT2D eigenvalue weighted by atomic mass is 9.94. The monoisotopic (exact) mass is 273 g/mol. The molecule has 1 N–H and O–H groups in total. The summed E-state index contributed by atoms with van der Waals surface area (Å²) in [7, 11) is 0. The summed E-state index contributed by atoms with van der Waals surface area (Å²) in [6.07, 6.45) is 4.24. The molecule has 0 saturated carbocycles. The third-order valence-corrected chi connectivity index (χ3v) is 4.33. The number of carboxylic acid groups (broad SMARTS) is 1. The van der Waals surface area contributed by atoms with E-state index in [1.54, 1.807) is 11.8 Å². The van der Waals surface area contributed by atoms with Crippen molar-refractivity contribution in [2.24, 2.45) is 5.92 Å². The van der Waals surface area contributed by atoms with Crippen molar-refractivity contribution < 1.29 is 14.7 Å². The maximum absolute atomic E-state index is 11.9. The number of likely N-dealkylation sites (tertiary alicyclic amines) is 1. The fraction of sp³-hybridized carbons (Fsp3) is 0.846. The molecule has 4 nitrogen and oxygen atoms in total. The first-order valence-corrected chi connectivity index (χ1v) is 7.86. The van der Waals surface area contributed by atoms with Crippen LogP contribution in [0.15, 0.2) is 0 Å². The SMILES string of the molecule is CCCCSCC(=O)N1CCC(CC(=O)O)CC1. The zero-order valence-electron chi connectivity index (χ0n) is 11.1. The molecule has 104 valence electrons. The van der Waals surface area contributed by atoms with Crippen LogP contribution in [-0.4, -0.2) is 46.5 Å². The molecule has 5 heteroatoms. The minimum atomic E-state index is -0.727. The standard InChI is InChI=1S/C13H23NO3S/c1-2-3-8-18-10-12(15)14-6-4-11(5-7-14)9-13(16)17/h11H,2-10H2,1H3,(H,16,17). The summed E-state index contributed by atoms with van der Waals surface area (Å²) in [5, 5.41) is 8.72. The maximum atomic E-state index is 11.9. The first-order valence-electron chi connectivity index (χ1n) is 6.70. The van der Waals surface area contributed by atoms with E-state index in [1.807, 2.05) is 4.90 Å². The van der Waals surface area contributed by atoms with Gasteiger partial charge in [-0.2, -0.15) is 11.8 Å². The molecule has 1 aliphatic heterocycles. The molecule has 0 radical (unpaired) electrons. The van der Waals surface area contributed by atoms with Crippen molar-refractivity contribution in [1.29, 1.82) is 0 Å². The molecule has 0 aliphatic carbocycles. The molecule has 0 atom stereocenters. The van der Waals surface area contributed by atoms with Crippen molar-refractivity contribution in [1.82, 2.24) is 4.90 Å².